The van der Waals surface area contributed by atoms with Crippen LogP contribution in [0.2, 0.25) is 0 Å². The van der Waals surface area contributed by atoms with Crippen LogP contribution >= 0.6 is 0 Å². The van der Waals surface area contributed by atoms with Crippen molar-refractivity contribution in [2.45, 2.75) is 18.6 Å². The van der Waals surface area contributed by atoms with Crippen molar-refractivity contribution in [3.05, 3.63) is 48.0 Å². The number of nitrogens with zero attached hydrogens (tertiary/aromatic N) is 1. The van der Waals surface area contributed by atoms with Gasteiger partial charge in [0.2, 0.25) is 0 Å². The number of aliphatic hydroxyl groups excluding tert-OH is 1. The van der Waals surface area contributed by atoms with Crippen molar-refractivity contribution in [2.75, 3.05) is 13.2 Å². The Balaban J connectivity index is 2.25. The topological polar surface area (TPSA) is 60.8 Å². The molecule has 1 amide bonds. The highest BCUT2D eigenvalue weighted by Gasteiger charge is 2.40. The van der Waals surface area contributed by atoms with E-state index in [1.807, 2.05) is 37.3 Å². The van der Waals surface area contributed by atoms with Crippen LogP contribution in [0, 0.1) is 0 Å². The van der Waals surface area contributed by atoms with E-state index in [4.69, 9.17) is 5.11 Å². The van der Waals surface area contributed by atoms with Gasteiger partial charge in [0.05, 0.1) is 12.6 Å². The van der Waals surface area contributed by atoms with Gasteiger partial charge in [-0.25, -0.2) is 0 Å². The second-order valence-corrected chi connectivity index (χ2v) is 4.53. The summed E-state index contributed by atoms with van der Waals surface area (Å²) < 4.78 is 0. The molecule has 0 saturated carbocycles. The van der Waals surface area contributed by atoms with E-state index in [-0.39, 0.29) is 6.04 Å². The summed E-state index contributed by atoms with van der Waals surface area (Å²) in [6, 6.07) is 9.48. The summed E-state index contributed by atoms with van der Waals surface area (Å²) in [5, 5.41) is 19.1. The molecule has 1 aliphatic heterocycles. The van der Waals surface area contributed by atoms with Crippen molar-refractivity contribution in [1.29, 1.82) is 0 Å². The summed E-state index contributed by atoms with van der Waals surface area (Å²) >= 11 is 0. The number of hydrogen-bond acceptors (Lipinski definition) is 3. The highest BCUT2D eigenvalue weighted by Crippen LogP contribution is 2.26. The first-order valence-corrected chi connectivity index (χ1v) is 5.95. The maximum absolute atomic E-state index is 12.2. The lowest BCUT2D eigenvalue weighted by Gasteiger charge is -2.37. The van der Waals surface area contributed by atoms with Gasteiger partial charge < -0.3 is 15.1 Å². The van der Waals surface area contributed by atoms with Crippen LogP contribution < -0.4 is 0 Å². The standard InChI is InChI=1S/C14H17NO3/c1-11(12-6-3-2-4-7-12)15-9-5-8-14(18,10-16)13(15)17/h2-8,11,16,18H,9-10H2,1H3/t11-,14+/m0/s1. The van der Waals surface area contributed by atoms with Crippen LogP contribution in [0.25, 0.3) is 0 Å². The van der Waals surface area contributed by atoms with Gasteiger partial charge in [-0.1, -0.05) is 36.4 Å². The second kappa shape index (κ2) is 4.92. The van der Waals surface area contributed by atoms with Gasteiger partial charge in [0, 0.05) is 6.54 Å². The summed E-state index contributed by atoms with van der Waals surface area (Å²) in [4.78, 5) is 13.7. The average molecular weight is 247 g/mol. The Labute approximate surface area is 106 Å². The van der Waals surface area contributed by atoms with Gasteiger partial charge in [0.1, 0.15) is 0 Å². The van der Waals surface area contributed by atoms with E-state index >= 15 is 0 Å². The Kier molecular flexibility index (Phi) is 3.50. The van der Waals surface area contributed by atoms with Crippen LogP contribution in [0.5, 0.6) is 0 Å². The van der Waals surface area contributed by atoms with Gasteiger partial charge in [-0.15, -0.1) is 0 Å². The Morgan fingerprint density at radius 1 is 1.39 bits per heavy atom. The molecule has 1 heterocycles. The quantitative estimate of drug-likeness (QED) is 0.779. The number of aliphatic hydroxyl groups is 2. The summed E-state index contributed by atoms with van der Waals surface area (Å²) in [5.74, 6) is -0.455. The third-order valence-electron chi connectivity index (χ3n) is 3.32. The van der Waals surface area contributed by atoms with Gasteiger partial charge >= 0.3 is 0 Å². The predicted octanol–water partition coefficient (Wildman–Crippen LogP) is 0.869. The van der Waals surface area contributed by atoms with E-state index in [1.165, 1.54) is 6.08 Å². The maximum atomic E-state index is 12.2. The van der Waals surface area contributed by atoms with Gasteiger partial charge in [-0.05, 0) is 18.6 Å². The Morgan fingerprint density at radius 3 is 2.67 bits per heavy atom. The zero-order valence-electron chi connectivity index (χ0n) is 10.3. The fraction of sp³-hybridized carbons (Fsp3) is 0.357. The van der Waals surface area contributed by atoms with E-state index < -0.39 is 18.1 Å². The molecule has 4 nitrogen and oxygen atoms in total. The van der Waals surface area contributed by atoms with E-state index in [0.29, 0.717) is 6.54 Å². The number of amides is 1. The normalized spacial score (nSPS) is 25.3. The van der Waals surface area contributed by atoms with E-state index in [0.717, 1.165) is 5.56 Å². The van der Waals surface area contributed by atoms with Crippen molar-refractivity contribution in [2.24, 2.45) is 0 Å². The highest BCUT2D eigenvalue weighted by atomic mass is 16.3. The molecule has 0 fully saturated rings. The van der Waals surface area contributed by atoms with Gasteiger partial charge in [-0.3, -0.25) is 4.79 Å². The van der Waals surface area contributed by atoms with Crippen LogP contribution in [0.3, 0.4) is 0 Å². The minimum Gasteiger partial charge on any atom is -0.392 e. The lowest BCUT2D eigenvalue weighted by Crippen LogP contribution is -2.53. The summed E-state index contributed by atoms with van der Waals surface area (Å²) in [7, 11) is 0. The Bertz CT molecular complexity index is 457. The first kappa shape index (κ1) is 12.8. The highest BCUT2D eigenvalue weighted by molar-refractivity contribution is 5.88. The summed E-state index contributed by atoms with van der Waals surface area (Å²) in [6.45, 7) is 1.75. The fourth-order valence-corrected chi connectivity index (χ4v) is 2.13. The molecule has 0 saturated heterocycles. The molecule has 96 valence electrons. The first-order valence-electron chi connectivity index (χ1n) is 5.95. The summed E-state index contributed by atoms with van der Waals surface area (Å²) in [5.41, 5.74) is -0.775. The molecule has 18 heavy (non-hydrogen) atoms. The van der Waals surface area contributed by atoms with Crippen LogP contribution in [0.1, 0.15) is 18.5 Å². The van der Waals surface area contributed by atoms with Crippen LogP contribution in [0.4, 0.5) is 0 Å². The Morgan fingerprint density at radius 2 is 2.06 bits per heavy atom. The monoisotopic (exact) mass is 247 g/mol. The fourth-order valence-electron chi connectivity index (χ4n) is 2.13. The Hall–Kier alpha value is -1.65. The molecular weight excluding hydrogens is 230 g/mol. The van der Waals surface area contributed by atoms with Crippen molar-refractivity contribution in [1.82, 2.24) is 4.90 Å². The lowest BCUT2D eigenvalue weighted by molar-refractivity contribution is -0.152. The van der Waals surface area contributed by atoms with E-state index in [2.05, 4.69) is 0 Å². The van der Waals surface area contributed by atoms with Crippen LogP contribution in [-0.4, -0.2) is 39.8 Å². The van der Waals surface area contributed by atoms with Gasteiger partial charge in [0.25, 0.3) is 5.91 Å². The second-order valence-electron chi connectivity index (χ2n) is 4.53. The third-order valence-corrected chi connectivity index (χ3v) is 3.32. The smallest absolute Gasteiger partial charge is 0.261 e. The number of carbonyl (C=O) groups is 1. The predicted molar refractivity (Wildman–Crippen MR) is 67.7 cm³/mol. The first-order chi connectivity index (χ1) is 8.58. The molecule has 0 unspecified atom stereocenters. The molecule has 1 aliphatic rings. The average Bonchev–Trinajstić information content (AvgIpc) is 2.42. The molecule has 1 aromatic rings. The lowest BCUT2D eigenvalue weighted by atomic mass is 9.96. The molecule has 1 aromatic carbocycles. The molecule has 0 bridgehead atoms. The van der Waals surface area contributed by atoms with Gasteiger partial charge in [-0.2, -0.15) is 0 Å². The molecule has 2 N–H and O–H groups in total. The van der Waals surface area contributed by atoms with Gasteiger partial charge in [0.15, 0.2) is 5.60 Å². The maximum Gasteiger partial charge on any atom is 0.261 e. The molecule has 2 atom stereocenters. The van der Waals surface area contributed by atoms with Crippen molar-refractivity contribution < 1.29 is 15.0 Å². The number of carbonyl (C=O) groups excluding carboxylic acids is 1. The van der Waals surface area contributed by atoms with Crippen molar-refractivity contribution in [3.63, 3.8) is 0 Å². The molecule has 0 aliphatic carbocycles. The minimum atomic E-state index is -1.78. The molecule has 0 spiro atoms. The van der Waals surface area contributed by atoms with Crippen molar-refractivity contribution in [3.8, 4) is 0 Å². The third kappa shape index (κ3) is 2.17. The molecule has 0 radical (unpaired) electrons. The summed E-state index contributed by atoms with van der Waals surface area (Å²) in [6.07, 6.45) is 3.07. The zero-order valence-corrected chi connectivity index (χ0v) is 10.3. The number of hydrogen-bond donors (Lipinski definition) is 2. The van der Waals surface area contributed by atoms with E-state index in [1.54, 1.807) is 11.0 Å². The largest absolute Gasteiger partial charge is 0.392 e. The number of rotatable bonds is 3. The number of benzene rings is 1. The molecular formula is C14H17NO3. The van der Waals surface area contributed by atoms with Crippen LogP contribution in [0.15, 0.2) is 42.5 Å². The SMILES string of the molecule is C[C@@H](c1ccccc1)N1CC=C[C@@](O)(CO)C1=O. The molecule has 0 aromatic heterocycles. The molecule has 4 heteroatoms. The van der Waals surface area contributed by atoms with Crippen molar-refractivity contribution >= 4 is 5.91 Å². The molecule has 2 rings (SSSR count). The minimum absolute atomic E-state index is 0.137. The van der Waals surface area contributed by atoms with E-state index in [9.17, 15) is 9.90 Å². The van der Waals surface area contributed by atoms with Crippen LogP contribution in [-0.2, 0) is 4.79 Å². The zero-order chi connectivity index (χ0) is 13.2.